The molecule has 0 N–H and O–H groups in total. The average molecular weight is 334 g/mol. The number of hydrogen-bond donors (Lipinski definition) is 0. The normalized spacial score (nSPS) is 30.4. The van der Waals surface area contributed by atoms with E-state index in [9.17, 15) is 4.79 Å². The molecule has 0 aliphatic heterocycles. The zero-order valence-electron chi connectivity index (χ0n) is 11.6. The molecule has 3 atom stereocenters. The molecule has 0 bridgehead atoms. The number of rotatable bonds is 2. The minimum atomic E-state index is 0.423. The number of carbonyl (C=O) groups is 1. The predicted octanol–water partition coefficient (Wildman–Crippen LogP) is 4.64. The molecule has 0 amide bonds. The van der Waals surface area contributed by atoms with Gasteiger partial charge < -0.3 is 0 Å². The summed E-state index contributed by atoms with van der Waals surface area (Å²) in [5.74, 6) is 2.23. The number of halogens is 1. The fourth-order valence-electron chi connectivity index (χ4n) is 3.76. The SMILES string of the molecule is O=C1C[C@@H]2CCCC[C@H]2[C@H](/C=C/c2ccc(Br)cn2)C1. The first-order chi connectivity index (χ1) is 9.72. The number of fused-ring (bicyclic) bond motifs is 1. The van der Waals surface area contributed by atoms with Crippen molar-refractivity contribution in [2.24, 2.45) is 17.8 Å². The smallest absolute Gasteiger partial charge is 0.133 e. The minimum Gasteiger partial charge on any atom is -0.300 e. The molecule has 0 radical (unpaired) electrons. The summed E-state index contributed by atoms with van der Waals surface area (Å²) in [6.45, 7) is 0. The van der Waals surface area contributed by atoms with E-state index >= 15 is 0 Å². The molecule has 2 saturated carbocycles. The molecule has 2 fully saturated rings. The van der Waals surface area contributed by atoms with Gasteiger partial charge in [-0.2, -0.15) is 0 Å². The van der Waals surface area contributed by atoms with Crippen LogP contribution in [-0.4, -0.2) is 10.8 Å². The molecule has 3 heteroatoms. The highest BCUT2D eigenvalue weighted by molar-refractivity contribution is 9.10. The highest BCUT2D eigenvalue weighted by atomic mass is 79.9. The van der Waals surface area contributed by atoms with E-state index in [1.54, 1.807) is 0 Å². The first-order valence-electron chi connectivity index (χ1n) is 7.54. The fraction of sp³-hybridized carbons (Fsp3) is 0.529. The predicted molar refractivity (Wildman–Crippen MR) is 84.2 cm³/mol. The Morgan fingerprint density at radius 1 is 1.20 bits per heavy atom. The summed E-state index contributed by atoms with van der Waals surface area (Å²) in [6.07, 6.45) is 12.9. The van der Waals surface area contributed by atoms with Crippen molar-refractivity contribution in [2.75, 3.05) is 0 Å². The maximum absolute atomic E-state index is 11.9. The van der Waals surface area contributed by atoms with Gasteiger partial charge in [0.15, 0.2) is 0 Å². The standard InChI is InChI=1S/C17H20BrNO/c18-14-6-8-15(19-11-14)7-5-13-10-16(20)9-12-3-1-2-4-17(12)13/h5-8,11-13,17H,1-4,9-10H2/b7-5+/t12-,13+,17+/m0/s1. The maximum atomic E-state index is 11.9. The largest absolute Gasteiger partial charge is 0.300 e. The molecule has 1 aromatic rings. The van der Waals surface area contributed by atoms with Crippen molar-refractivity contribution in [1.82, 2.24) is 4.98 Å². The number of allylic oxidation sites excluding steroid dienone is 1. The van der Waals surface area contributed by atoms with E-state index in [2.05, 4.69) is 33.1 Å². The number of nitrogens with zero attached hydrogens (tertiary/aromatic N) is 1. The van der Waals surface area contributed by atoms with Gasteiger partial charge in [-0.25, -0.2) is 0 Å². The number of ketones is 1. The third-order valence-electron chi connectivity index (χ3n) is 4.74. The van der Waals surface area contributed by atoms with E-state index in [1.807, 2.05) is 18.3 Å². The lowest BCUT2D eigenvalue weighted by atomic mass is 9.65. The molecule has 20 heavy (non-hydrogen) atoms. The van der Waals surface area contributed by atoms with Crippen molar-refractivity contribution < 1.29 is 4.79 Å². The van der Waals surface area contributed by atoms with Crippen LogP contribution in [0.2, 0.25) is 0 Å². The van der Waals surface area contributed by atoms with Gasteiger partial charge >= 0.3 is 0 Å². The second-order valence-electron chi connectivity index (χ2n) is 6.08. The molecule has 0 spiro atoms. The molecule has 1 heterocycles. The van der Waals surface area contributed by atoms with Gasteiger partial charge in [0.2, 0.25) is 0 Å². The molecule has 0 aromatic carbocycles. The second kappa shape index (κ2) is 6.21. The molecule has 0 unspecified atom stereocenters. The Kier molecular flexibility index (Phi) is 4.35. The van der Waals surface area contributed by atoms with Crippen molar-refractivity contribution in [3.05, 3.63) is 34.6 Å². The third-order valence-corrected chi connectivity index (χ3v) is 5.20. The molecule has 2 aliphatic rings. The number of aromatic nitrogens is 1. The Bertz CT molecular complexity index is 508. The van der Waals surface area contributed by atoms with E-state index in [1.165, 1.54) is 25.7 Å². The monoisotopic (exact) mass is 333 g/mol. The summed E-state index contributed by atoms with van der Waals surface area (Å²) in [5.41, 5.74) is 0.971. The van der Waals surface area contributed by atoms with E-state index in [0.29, 0.717) is 23.5 Å². The van der Waals surface area contributed by atoms with Gasteiger partial charge in [0.05, 0.1) is 5.69 Å². The molecule has 1 aromatic heterocycles. The van der Waals surface area contributed by atoms with Crippen LogP contribution in [0.15, 0.2) is 28.9 Å². The summed E-state index contributed by atoms with van der Waals surface area (Å²) in [5, 5.41) is 0. The highest BCUT2D eigenvalue weighted by Gasteiger charge is 2.36. The van der Waals surface area contributed by atoms with E-state index in [-0.39, 0.29) is 0 Å². The van der Waals surface area contributed by atoms with E-state index < -0.39 is 0 Å². The van der Waals surface area contributed by atoms with Crippen LogP contribution in [0.1, 0.15) is 44.2 Å². The molecule has 0 saturated heterocycles. The number of hydrogen-bond acceptors (Lipinski definition) is 2. The number of Topliss-reactive ketones (excluding diaryl/α,β-unsaturated/α-hetero) is 1. The summed E-state index contributed by atoms with van der Waals surface area (Å²) in [6, 6.07) is 4.01. The van der Waals surface area contributed by atoms with Gasteiger partial charge in [-0.15, -0.1) is 0 Å². The highest BCUT2D eigenvalue weighted by Crippen LogP contribution is 2.43. The average Bonchev–Trinajstić information content (AvgIpc) is 2.46. The number of pyridine rings is 1. The Balaban J connectivity index is 1.74. The van der Waals surface area contributed by atoms with Crippen LogP contribution in [-0.2, 0) is 4.79 Å². The Labute approximate surface area is 128 Å². The van der Waals surface area contributed by atoms with Crippen LogP contribution in [0.3, 0.4) is 0 Å². The Morgan fingerprint density at radius 3 is 2.85 bits per heavy atom. The van der Waals surface area contributed by atoms with Crippen molar-refractivity contribution in [3.8, 4) is 0 Å². The molecular formula is C17H20BrNO. The number of carbonyl (C=O) groups excluding carboxylic acids is 1. The lowest BCUT2D eigenvalue weighted by Gasteiger charge is -2.39. The third kappa shape index (κ3) is 3.20. The van der Waals surface area contributed by atoms with Crippen LogP contribution in [0.4, 0.5) is 0 Å². The summed E-state index contributed by atoms with van der Waals surface area (Å²) < 4.78 is 0.995. The Hall–Kier alpha value is -0.960. The van der Waals surface area contributed by atoms with Gasteiger partial charge in [0.25, 0.3) is 0 Å². The molecule has 3 rings (SSSR count). The topological polar surface area (TPSA) is 30.0 Å². The van der Waals surface area contributed by atoms with Crippen LogP contribution in [0.25, 0.3) is 6.08 Å². The van der Waals surface area contributed by atoms with Gasteiger partial charge in [0, 0.05) is 23.5 Å². The van der Waals surface area contributed by atoms with Crippen molar-refractivity contribution in [3.63, 3.8) is 0 Å². The van der Waals surface area contributed by atoms with Gasteiger partial charge in [0.1, 0.15) is 5.78 Å². The van der Waals surface area contributed by atoms with Crippen molar-refractivity contribution in [1.29, 1.82) is 0 Å². The maximum Gasteiger partial charge on any atom is 0.133 e. The van der Waals surface area contributed by atoms with E-state index in [0.717, 1.165) is 23.0 Å². The van der Waals surface area contributed by atoms with Gasteiger partial charge in [-0.1, -0.05) is 18.9 Å². The second-order valence-corrected chi connectivity index (χ2v) is 7.00. The molecule has 2 nitrogen and oxygen atoms in total. The van der Waals surface area contributed by atoms with Crippen LogP contribution in [0, 0.1) is 17.8 Å². The summed E-state index contributed by atoms with van der Waals surface area (Å²) >= 11 is 3.40. The minimum absolute atomic E-state index is 0.423. The lowest BCUT2D eigenvalue weighted by Crippen LogP contribution is -2.34. The van der Waals surface area contributed by atoms with Gasteiger partial charge in [-0.05, 0) is 64.7 Å². The first-order valence-corrected chi connectivity index (χ1v) is 8.33. The quantitative estimate of drug-likeness (QED) is 0.788. The first kappa shape index (κ1) is 14.0. The Morgan fingerprint density at radius 2 is 2.05 bits per heavy atom. The fourth-order valence-corrected chi connectivity index (χ4v) is 4.00. The van der Waals surface area contributed by atoms with Crippen molar-refractivity contribution in [2.45, 2.75) is 38.5 Å². The zero-order valence-corrected chi connectivity index (χ0v) is 13.2. The van der Waals surface area contributed by atoms with Crippen LogP contribution in [0.5, 0.6) is 0 Å². The summed E-state index contributed by atoms with van der Waals surface area (Å²) in [7, 11) is 0. The molecule has 2 aliphatic carbocycles. The zero-order chi connectivity index (χ0) is 13.9. The van der Waals surface area contributed by atoms with Crippen LogP contribution >= 0.6 is 15.9 Å². The van der Waals surface area contributed by atoms with Gasteiger partial charge in [-0.3, -0.25) is 9.78 Å². The summed E-state index contributed by atoms with van der Waals surface area (Å²) in [4.78, 5) is 16.3. The van der Waals surface area contributed by atoms with Crippen molar-refractivity contribution >= 4 is 27.8 Å². The molecule has 106 valence electrons. The lowest BCUT2D eigenvalue weighted by molar-refractivity contribution is -0.124. The van der Waals surface area contributed by atoms with E-state index in [4.69, 9.17) is 0 Å². The molecular weight excluding hydrogens is 314 g/mol. The van der Waals surface area contributed by atoms with Crippen LogP contribution < -0.4 is 0 Å².